The van der Waals surface area contributed by atoms with Gasteiger partial charge >= 0.3 is 0 Å². The Hall–Kier alpha value is -0.140. The van der Waals surface area contributed by atoms with Crippen LogP contribution in [-0.4, -0.2) is 0 Å². The molecule has 0 radical (unpaired) electrons. The molecule has 0 bridgehead atoms. The first-order chi connectivity index (χ1) is 6.11. The van der Waals surface area contributed by atoms with Crippen molar-refractivity contribution in [2.75, 3.05) is 0 Å². The summed E-state index contributed by atoms with van der Waals surface area (Å²) in [6, 6.07) is 0. The second kappa shape index (κ2) is 7.28. The molecule has 0 nitrogen and oxygen atoms in total. The summed E-state index contributed by atoms with van der Waals surface area (Å²) >= 11 is 10.3. The number of thiol groups is 1. The molecule has 74 valence electrons. The van der Waals surface area contributed by atoms with Gasteiger partial charge in [-0.1, -0.05) is 43.2 Å². The van der Waals surface area contributed by atoms with Crippen LogP contribution in [0.4, 0.5) is 0 Å². The van der Waals surface area contributed by atoms with Crippen molar-refractivity contribution in [3.05, 3.63) is 33.7 Å². The molecule has 2 heteroatoms. The van der Waals surface area contributed by atoms with Gasteiger partial charge in [0.05, 0.1) is 0 Å². The fourth-order valence-corrected chi connectivity index (χ4v) is 1.45. The Kier molecular flexibility index (Phi) is 7.20. The number of allylic oxidation sites excluding steroid dienone is 5. The van der Waals surface area contributed by atoms with Gasteiger partial charge in [0.15, 0.2) is 0 Å². The van der Waals surface area contributed by atoms with Crippen molar-refractivity contribution in [3.63, 3.8) is 0 Å². The quantitative estimate of drug-likeness (QED) is 0.512. The van der Waals surface area contributed by atoms with Crippen molar-refractivity contribution < 1.29 is 0 Å². The highest BCUT2D eigenvalue weighted by atomic mass is 35.5. The minimum atomic E-state index is 0.731. The molecule has 0 heterocycles. The van der Waals surface area contributed by atoms with Crippen LogP contribution < -0.4 is 0 Å². The van der Waals surface area contributed by atoms with Crippen LogP contribution in [0.2, 0.25) is 0 Å². The third-order valence-electron chi connectivity index (χ3n) is 1.52. The normalized spacial score (nSPS) is 15.0. The van der Waals surface area contributed by atoms with Gasteiger partial charge in [-0.25, -0.2) is 0 Å². The van der Waals surface area contributed by atoms with E-state index in [-0.39, 0.29) is 0 Å². The molecule has 0 saturated carbocycles. The molecule has 0 unspecified atom stereocenters. The first-order valence-electron chi connectivity index (χ1n) is 4.55. The maximum absolute atomic E-state index is 5.96. The highest BCUT2D eigenvalue weighted by molar-refractivity contribution is 7.85. The number of hydrogen-bond acceptors (Lipinski definition) is 1. The molecule has 0 aliphatic carbocycles. The van der Waals surface area contributed by atoms with E-state index in [0.717, 1.165) is 22.8 Å². The van der Waals surface area contributed by atoms with Gasteiger partial charge in [-0.05, 0) is 25.8 Å². The maximum Gasteiger partial charge on any atom is 0.0499 e. The lowest BCUT2D eigenvalue weighted by Crippen LogP contribution is -1.76. The average Bonchev–Trinajstić information content (AvgIpc) is 2.05. The van der Waals surface area contributed by atoms with Crippen molar-refractivity contribution in [2.24, 2.45) is 0 Å². The standard InChI is InChI=1S/C11H17ClS/c1-4-6-9(3)8-11(13)10(12)7-5-2/h6-8,13H,4-5H2,1-3H3/b9-6+,10-7+,11-8-. The molecule has 13 heavy (non-hydrogen) atoms. The Morgan fingerprint density at radius 3 is 2.23 bits per heavy atom. The van der Waals surface area contributed by atoms with Crippen molar-refractivity contribution in [1.82, 2.24) is 0 Å². The number of halogens is 1. The average molecular weight is 217 g/mol. The first kappa shape index (κ1) is 12.9. The van der Waals surface area contributed by atoms with E-state index in [1.807, 2.05) is 12.2 Å². The summed E-state index contributed by atoms with van der Waals surface area (Å²) in [7, 11) is 0. The zero-order chi connectivity index (χ0) is 10.3. The summed E-state index contributed by atoms with van der Waals surface area (Å²) in [5.74, 6) is 0. The van der Waals surface area contributed by atoms with Gasteiger partial charge in [0.2, 0.25) is 0 Å². The van der Waals surface area contributed by atoms with Gasteiger partial charge in [-0.15, -0.1) is 12.6 Å². The molecule has 0 aromatic rings. The largest absolute Gasteiger partial charge is 0.142 e. The summed E-state index contributed by atoms with van der Waals surface area (Å²) < 4.78 is 0. The Balaban J connectivity index is 4.49. The lowest BCUT2D eigenvalue weighted by atomic mass is 10.2. The van der Waals surface area contributed by atoms with Crippen LogP contribution in [0.5, 0.6) is 0 Å². The topological polar surface area (TPSA) is 0 Å². The summed E-state index contributed by atoms with van der Waals surface area (Å²) in [6.07, 6.45) is 8.07. The van der Waals surface area contributed by atoms with E-state index >= 15 is 0 Å². The summed E-state index contributed by atoms with van der Waals surface area (Å²) in [5, 5.41) is 0.731. The number of rotatable bonds is 4. The van der Waals surface area contributed by atoms with Crippen LogP contribution >= 0.6 is 24.2 Å². The van der Waals surface area contributed by atoms with E-state index in [2.05, 4.69) is 39.5 Å². The Morgan fingerprint density at radius 1 is 1.23 bits per heavy atom. The monoisotopic (exact) mass is 216 g/mol. The fraction of sp³-hybridized carbons (Fsp3) is 0.455. The second-order valence-corrected chi connectivity index (χ2v) is 3.74. The van der Waals surface area contributed by atoms with Crippen LogP contribution in [0, 0.1) is 0 Å². The van der Waals surface area contributed by atoms with Gasteiger partial charge in [0.25, 0.3) is 0 Å². The van der Waals surface area contributed by atoms with Crippen LogP contribution in [0.3, 0.4) is 0 Å². The molecule has 0 saturated heterocycles. The lowest BCUT2D eigenvalue weighted by Gasteiger charge is -1.98. The minimum Gasteiger partial charge on any atom is -0.142 e. The third kappa shape index (κ3) is 6.00. The van der Waals surface area contributed by atoms with E-state index < -0.39 is 0 Å². The molecule has 0 amide bonds. The zero-order valence-electron chi connectivity index (χ0n) is 8.47. The maximum atomic E-state index is 5.96. The molecule has 0 aliphatic rings. The SMILES string of the molecule is CC/C=C(C)/C=C(S)/C(Cl)=C\CC. The zero-order valence-corrected chi connectivity index (χ0v) is 10.1. The molecule has 0 aromatic heterocycles. The molecular weight excluding hydrogens is 200 g/mol. The van der Waals surface area contributed by atoms with Crippen molar-refractivity contribution in [2.45, 2.75) is 33.6 Å². The predicted octanol–water partition coefficient (Wildman–Crippen LogP) is 4.69. The highest BCUT2D eigenvalue weighted by Crippen LogP contribution is 2.20. The molecular formula is C11H17ClS. The predicted molar refractivity (Wildman–Crippen MR) is 65.3 cm³/mol. The summed E-state index contributed by atoms with van der Waals surface area (Å²) in [4.78, 5) is 0.839. The second-order valence-electron chi connectivity index (χ2n) is 2.85. The molecule has 0 N–H and O–H groups in total. The van der Waals surface area contributed by atoms with Gasteiger partial charge in [-0.3, -0.25) is 0 Å². The minimum absolute atomic E-state index is 0.731. The lowest BCUT2D eigenvalue weighted by molar-refractivity contribution is 1.19. The van der Waals surface area contributed by atoms with Crippen molar-refractivity contribution in [3.8, 4) is 0 Å². The Bertz CT molecular complexity index is 236. The molecule has 0 spiro atoms. The highest BCUT2D eigenvalue weighted by Gasteiger charge is 1.95. The Morgan fingerprint density at radius 2 is 1.77 bits per heavy atom. The van der Waals surface area contributed by atoms with E-state index in [1.54, 1.807) is 0 Å². The van der Waals surface area contributed by atoms with Gasteiger partial charge in [0, 0.05) is 9.94 Å². The number of hydrogen-bond donors (Lipinski definition) is 1. The van der Waals surface area contributed by atoms with E-state index in [4.69, 9.17) is 11.6 Å². The van der Waals surface area contributed by atoms with E-state index in [1.165, 1.54) is 5.57 Å². The molecule has 0 rings (SSSR count). The van der Waals surface area contributed by atoms with Gasteiger partial charge < -0.3 is 0 Å². The summed E-state index contributed by atoms with van der Waals surface area (Å²) in [5.41, 5.74) is 1.20. The molecule has 0 atom stereocenters. The Labute approximate surface area is 91.8 Å². The molecule has 0 fully saturated rings. The third-order valence-corrected chi connectivity index (χ3v) is 2.38. The first-order valence-corrected chi connectivity index (χ1v) is 5.37. The van der Waals surface area contributed by atoms with Crippen LogP contribution in [-0.2, 0) is 0 Å². The fourth-order valence-electron chi connectivity index (χ4n) is 0.949. The summed E-state index contributed by atoms with van der Waals surface area (Å²) in [6.45, 7) is 6.22. The molecule has 0 aromatic carbocycles. The smallest absolute Gasteiger partial charge is 0.0499 e. The van der Waals surface area contributed by atoms with Gasteiger partial charge in [-0.2, -0.15) is 0 Å². The van der Waals surface area contributed by atoms with Crippen molar-refractivity contribution >= 4 is 24.2 Å². The van der Waals surface area contributed by atoms with E-state index in [0.29, 0.717) is 0 Å². The molecule has 0 aliphatic heterocycles. The van der Waals surface area contributed by atoms with Crippen LogP contribution in [0.25, 0.3) is 0 Å². The van der Waals surface area contributed by atoms with Gasteiger partial charge in [0.1, 0.15) is 0 Å². The van der Waals surface area contributed by atoms with Crippen LogP contribution in [0.15, 0.2) is 33.7 Å². The van der Waals surface area contributed by atoms with Crippen molar-refractivity contribution in [1.29, 1.82) is 0 Å². The van der Waals surface area contributed by atoms with E-state index in [9.17, 15) is 0 Å². The van der Waals surface area contributed by atoms with Crippen LogP contribution in [0.1, 0.15) is 33.6 Å².